The minimum atomic E-state index is -2.40. The van der Waals surface area contributed by atoms with E-state index in [-0.39, 0.29) is 5.54 Å². The standard InChI is InChI=1S/C12H29NO2Si/c1-3-8-12(16(14)15)10-7-5-4-6-9-11(2)13/h11-12,14-16H,3-10,13H2,1-2H3. The van der Waals surface area contributed by atoms with Gasteiger partial charge in [0.1, 0.15) is 0 Å². The molecule has 4 N–H and O–H groups in total. The number of hydrogen-bond donors (Lipinski definition) is 3. The van der Waals surface area contributed by atoms with Gasteiger partial charge >= 0.3 is 9.28 Å². The Kier molecular flexibility index (Phi) is 10.3. The van der Waals surface area contributed by atoms with Crippen molar-refractivity contribution in [2.75, 3.05) is 0 Å². The van der Waals surface area contributed by atoms with Gasteiger partial charge in [0, 0.05) is 6.04 Å². The third-order valence-electron chi connectivity index (χ3n) is 3.07. The van der Waals surface area contributed by atoms with Crippen molar-refractivity contribution >= 4 is 9.28 Å². The molecule has 4 heteroatoms. The van der Waals surface area contributed by atoms with E-state index in [0.29, 0.717) is 6.04 Å². The summed E-state index contributed by atoms with van der Waals surface area (Å²) in [4.78, 5) is 18.6. The van der Waals surface area contributed by atoms with Crippen LogP contribution in [0.5, 0.6) is 0 Å². The monoisotopic (exact) mass is 247 g/mol. The second kappa shape index (κ2) is 10.3. The summed E-state index contributed by atoms with van der Waals surface area (Å²) in [5.74, 6) is 0. The van der Waals surface area contributed by atoms with E-state index in [0.717, 1.165) is 32.1 Å². The highest BCUT2D eigenvalue weighted by Crippen LogP contribution is 2.23. The third kappa shape index (κ3) is 9.33. The zero-order valence-corrected chi connectivity index (χ0v) is 12.0. The quantitative estimate of drug-likeness (QED) is 0.409. The Morgan fingerprint density at radius 3 is 2.00 bits per heavy atom. The number of rotatable bonds is 10. The summed E-state index contributed by atoms with van der Waals surface area (Å²) < 4.78 is 0. The van der Waals surface area contributed by atoms with Gasteiger partial charge in [-0.1, -0.05) is 39.0 Å². The minimum Gasteiger partial charge on any atom is -0.413 e. The van der Waals surface area contributed by atoms with Crippen molar-refractivity contribution in [3.63, 3.8) is 0 Å². The van der Waals surface area contributed by atoms with Gasteiger partial charge < -0.3 is 15.3 Å². The van der Waals surface area contributed by atoms with Crippen LogP contribution in [0.2, 0.25) is 5.54 Å². The Labute approximate surface area is 102 Å². The molecular weight excluding hydrogens is 218 g/mol. The fraction of sp³-hybridized carbons (Fsp3) is 1.00. The van der Waals surface area contributed by atoms with Gasteiger partial charge in [0.15, 0.2) is 0 Å². The van der Waals surface area contributed by atoms with Crippen LogP contribution in [0.25, 0.3) is 0 Å². The van der Waals surface area contributed by atoms with E-state index in [9.17, 15) is 9.59 Å². The topological polar surface area (TPSA) is 66.5 Å². The van der Waals surface area contributed by atoms with Crippen LogP contribution in [0.15, 0.2) is 0 Å². The Morgan fingerprint density at radius 1 is 1.00 bits per heavy atom. The molecule has 0 aromatic heterocycles. The van der Waals surface area contributed by atoms with E-state index < -0.39 is 9.28 Å². The van der Waals surface area contributed by atoms with Gasteiger partial charge in [-0.05, 0) is 31.7 Å². The fourth-order valence-electron chi connectivity index (χ4n) is 2.04. The summed E-state index contributed by atoms with van der Waals surface area (Å²) in [5, 5.41) is 0. The van der Waals surface area contributed by atoms with Crippen LogP contribution in [-0.2, 0) is 0 Å². The summed E-state index contributed by atoms with van der Waals surface area (Å²) >= 11 is 0. The number of nitrogens with two attached hydrogens (primary N) is 1. The predicted molar refractivity (Wildman–Crippen MR) is 71.6 cm³/mol. The van der Waals surface area contributed by atoms with Crippen molar-refractivity contribution in [3.05, 3.63) is 0 Å². The largest absolute Gasteiger partial charge is 0.413 e. The van der Waals surface area contributed by atoms with Crippen LogP contribution >= 0.6 is 0 Å². The van der Waals surface area contributed by atoms with Gasteiger partial charge in [0.25, 0.3) is 0 Å². The van der Waals surface area contributed by atoms with Crippen LogP contribution in [0.3, 0.4) is 0 Å². The van der Waals surface area contributed by atoms with E-state index in [1.54, 1.807) is 0 Å². The van der Waals surface area contributed by atoms with Crippen molar-refractivity contribution in [1.82, 2.24) is 0 Å². The molecule has 16 heavy (non-hydrogen) atoms. The molecule has 0 saturated heterocycles. The molecule has 98 valence electrons. The number of hydrogen-bond acceptors (Lipinski definition) is 3. The van der Waals surface area contributed by atoms with E-state index in [4.69, 9.17) is 5.73 Å². The van der Waals surface area contributed by atoms with Crippen LogP contribution < -0.4 is 5.73 Å². The molecule has 0 fully saturated rings. The highest BCUT2D eigenvalue weighted by molar-refractivity contribution is 6.43. The zero-order valence-electron chi connectivity index (χ0n) is 10.9. The smallest absolute Gasteiger partial charge is 0.319 e. The maximum atomic E-state index is 9.30. The highest BCUT2D eigenvalue weighted by Gasteiger charge is 2.17. The van der Waals surface area contributed by atoms with E-state index in [2.05, 4.69) is 6.92 Å². The van der Waals surface area contributed by atoms with Gasteiger partial charge in [-0.3, -0.25) is 0 Å². The average Bonchev–Trinajstić information content (AvgIpc) is 2.20. The van der Waals surface area contributed by atoms with Crippen LogP contribution in [0.4, 0.5) is 0 Å². The van der Waals surface area contributed by atoms with Gasteiger partial charge in [-0.15, -0.1) is 0 Å². The van der Waals surface area contributed by atoms with Crippen LogP contribution in [0.1, 0.15) is 65.2 Å². The maximum absolute atomic E-state index is 9.30. The summed E-state index contributed by atoms with van der Waals surface area (Å²) in [7, 11) is -2.40. The van der Waals surface area contributed by atoms with Gasteiger partial charge in [0.2, 0.25) is 0 Å². The normalized spacial score (nSPS) is 15.4. The van der Waals surface area contributed by atoms with Crippen molar-refractivity contribution in [2.45, 2.75) is 76.8 Å². The number of unbranched alkanes of at least 4 members (excludes halogenated alkanes) is 3. The summed E-state index contributed by atoms with van der Waals surface area (Å²) in [6.45, 7) is 4.15. The molecule has 0 aliphatic rings. The molecule has 0 aromatic carbocycles. The second-order valence-electron chi connectivity index (χ2n) is 4.93. The molecule has 0 bridgehead atoms. The third-order valence-corrected chi connectivity index (χ3v) is 4.58. The molecule has 0 aromatic rings. The second-order valence-corrected chi connectivity index (χ2v) is 6.70. The van der Waals surface area contributed by atoms with Crippen LogP contribution in [0, 0.1) is 0 Å². The summed E-state index contributed by atoms with van der Waals surface area (Å²) in [6, 6.07) is 0.319. The van der Waals surface area contributed by atoms with Gasteiger partial charge in [-0.25, -0.2) is 0 Å². The first-order valence-electron chi connectivity index (χ1n) is 6.69. The Balaban J connectivity index is 3.40. The molecule has 0 rings (SSSR count). The first-order chi connectivity index (χ1) is 7.57. The molecule has 0 aliphatic carbocycles. The average molecular weight is 247 g/mol. The molecule has 0 spiro atoms. The van der Waals surface area contributed by atoms with Crippen molar-refractivity contribution in [2.24, 2.45) is 5.73 Å². The molecule has 3 nitrogen and oxygen atoms in total. The molecular formula is C12H29NO2Si. The van der Waals surface area contributed by atoms with E-state index in [1.165, 1.54) is 19.3 Å². The molecule has 2 atom stereocenters. The Hall–Kier alpha value is 0.0969. The zero-order chi connectivity index (χ0) is 12.4. The van der Waals surface area contributed by atoms with Crippen molar-refractivity contribution in [3.8, 4) is 0 Å². The van der Waals surface area contributed by atoms with Crippen LogP contribution in [-0.4, -0.2) is 24.9 Å². The lowest BCUT2D eigenvalue weighted by molar-refractivity contribution is 0.367. The highest BCUT2D eigenvalue weighted by atomic mass is 28.3. The molecule has 0 saturated carbocycles. The first kappa shape index (κ1) is 16.1. The van der Waals surface area contributed by atoms with Gasteiger partial charge in [-0.2, -0.15) is 0 Å². The molecule has 0 heterocycles. The Bertz CT molecular complexity index is 154. The maximum Gasteiger partial charge on any atom is 0.319 e. The van der Waals surface area contributed by atoms with Crippen molar-refractivity contribution in [1.29, 1.82) is 0 Å². The Morgan fingerprint density at radius 2 is 1.56 bits per heavy atom. The van der Waals surface area contributed by atoms with Gasteiger partial charge in [0.05, 0.1) is 0 Å². The SMILES string of the molecule is CCCC(CCCCCCC(C)N)[SiH](O)O. The molecule has 0 amide bonds. The van der Waals surface area contributed by atoms with E-state index in [1.807, 2.05) is 6.92 Å². The van der Waals surface area contributed by atoms with Crippen molar-refractivity contribution < 1.29 is 9.59 Å². The predicted octanol–water partition coefficient (Wildman–Crippen LogP) is 2.05. The summed E-state index contributed by atoms with van der Waals surface area (Å²) in [5.41, 5.74) is 5.88. The molecule has 0 radical (unpaired) electrons. The molecule has 2 unspecified atom stereocenters. The lowest BCUT2D eigenvalue weighted by Gasteiger charge is -2.15. The summed E-state index contributed by atoms with van der Waals surface area (Å²) in [6.07, 6.45) is 8.90. The first-order valence-corrected chi connectivity index (χ1v) is 8.39. The minimum absolute atomic E-state index is 0.207. The fourth-order valence-corrected chi connectivity index (χ4v) is 3.20. The molecule has 0 aliphatic heterocycles. The van der Waals surface area contributed by atoms with E-state index >= 15 is 0 Å². The lowest BCUT2D eigenvalue weighted by atomic mass is 10.1. The lowest BCUT2D eigenvalue weighted by Crippen LogP contribution is -2.20.